The summed E-state index contributed by atoms with van der Waals surface area (Å²) in [7, 11) is 0. The molecular weight excluding hydrogens is 172 g/mol. The lowest BCUT2D eigenvalue weighted by atomic mass is 10.0. The summed E-state index contributed by atoms with van der Waals surface area (Å²) in [5.74, 6) is 0. The summed E-state index contributed by atoms with van der Waals surface area (Å²) in [4.78, 5) is 0. The van der Waals surface area contributed by atoms with Gasteiger partial charge >= 0.3 is 0 Å². The van der Waals surface area contributed by atoms with Crippen molar-refractivity contribution in [2.24, 2.45) is 0 Å². The van der Waals surface area contributed by atoms with Crippen molar-refractivity contribution in [3.8, 4) is 6.07 Å². The average Bonchev–Trinajstić information content (AvgIpc) is 2.18. The fourth-order valence-electron chi connectivity index (χ4n) is 1.60. The van der Waals surface area contributed by atoms with Crippen LogP contribution in [0, 0.1) is 11.3 Å². The highest BCUT2D eigenvalue weighted by molar-refractivity contribution is 5.93. The Bertz CT molecular complexity index is 509. The molecule has 68 valence electrons. The van der Waals surface area contributed by atoms with Gasteiger partial charge in [-0.25, -0.2) is 0 Å². The molecule has 0 aromatic heterocycles. The Morgan fingerprint density at radius 2 is 2.00 bits per heavy atom. The van der Waals surface area contributed by atoms with E-state index in [4.69, 9.17) is 11.0 Å². The SMILES string of the molecule is N#CCc1cc(N)c2ccccc2c1. The number of nitrogens with two attached hydrogens (primary N) is 1. The Balaban J connectivity index is 2.67. The second-order valence-corrected chi connectivity index (χ2v) is 3.24. The second-order valence-electron chi connectivity index (χ2n) is 3.24. The van der Waals surface area contributed by atoms with Crippen LogP contribution < -0.4 is 5.73 Å². The van der Waals surface area contributed by atoms with Gasteiger partial charge in [-0.3, -0.25) is 0 Å². The van der Waals surface area contributed by atoms with Crippen LogP contribution >= 0.6 is 0 Å². The van der Waals surface area contributed by atoms with E-state index >= 15 is 0 Å². The molecular formula is C12H10N2. The predicted octanol–water partition coefficient (Wildman–Crippen LogP) is 2.49. The molecule has 0 unspecified atom stereocenters. The van der Waals surface area contributed by atoms with E-state index in [1.807, 2.05) is 36.4 Å². The number of nitrogens with zero attached hydrogens (tertiary/aromatic N) is 1. The highest BCUT2D eigenvalue weighted by Crippen LogP contribution is 2.22. The van der Waals surface area contributed by atoms with Crippen LogP contribution in [0.15, 0.2) is 36.4 Å². The van der Waals surface area contributed by atoms with Crippen LogP contribution in [0.5, 0.6) is 0 Å². The molecule has 0 aliphatic carbocycles. The van der Waals surface area contributed by atoms with E-state index in [0.717, 1.165) is 22.0 Å². The fourth-order valence-corrected chi connectivity index (χ4v) is 1.60. The molecule has 0 saturated heterocycles. The number of nitrogen functional groups attached to an aromatic ring is 1. The van der Waals surface area contributed by atoms with E-state index in [0.29, 0.717) is 6.42 Å². The Hall–Kier alpha value is -2.01. The average molecular weight is 182 g/mol. The molecule has 2 N–H and O–H groups in total. The number of hydrogen-bond donors (Lipinski definition) is 1. The summed E-state index contributed by atoms with van der Waals surface area (Å²) < 4.78 is 0. The zero-order valence-electron chi connectivity index (χ0n) is 7.70. The van der Waals surface area contributed by atoms with E-state index in [2.05, 4.69) is 6.07 Å². The first-order chi connectivity index (χ1) is 6.81. The number of hydrogen-bond acceptors (Lipinski definition) is 2. The first kappa shape index (κ1) is 8.58. The highest BCUT2D eigenvalue weighted by Gasteiger charge is 1.99. The van der Waals surface area contributed by atoms with Crippen molar-refractivity contribution in [2.75, 3.05) is 5.73 Å². The van der Waals surface area contributed by atoms with E-state index in [1.165, 1.54) is 0 Å². The zero-order valence-corrected chi connectivity index (χ0v) is 7.70. The number of fused-ring (bicyclic) bond motifs is 1. The van der Waals surface area contributed by atoms with Crippen molar-refractivity contribution in [3.63, 3.8) is 0 Å². The minimum Gasteiger partial charge on any atom is -0.398 e. The van der Waals surface area contributed by atoms with Crippen LogP contribution in [0.2, 0.25) is 0 Å². The number of nitriles is 1. The molecule has 0 bridgehead atoms. The Kier molecular flexibility index (Phi) is 2.08. The zero-order chi connectivity index (χ0) is 9.97. The Morgan fingerprint density at radius 1 is 1.21 bits per heavy atom. The largest absolute Gasteiger partial charge is 0.398 e. The van der Waals surface area contributed by atoms with Crippen LogP contribution in [0.3, 0.4) is 0 Å². The van der Waals surface area contributed by atoms with E-state index in [9.17, 15) is 0 Å². The lowest BCUT2D eigenvalue weighted by molar-refractivity contribution is 1.27. The molecule has 2 aromatic rings. The van der Waals surface area contributed by atoms with Crippen molar-refractivity contribution in [2.45, 2.75) is 6.42 Å². The summed E-state index contributed by atoms with van der Waals surface area (Å²) >= 11 is 0. The minimum atomic E-state index is 0.412. The van der Waals surface area contributed by atoms with E-state index < -0.39 is 0 Å². The van der Waals surface area contributed by atoms with Gasteiger partial charge in [-0.15, -0.1) is 0 Å². The molecule has 0 aliphatic rings. The molecule has 0 aliphatic heterocycles. The maximum absolute atomic E-state index is 8.59. The molecule has 0 atom stereocenters. The lowest BCUT2D eigenvalue weighted by Crippen LogP contribution is -1.90. The standard InChI is InChI=1S/C12H10N2/c13-6-5-9-7-10-3-1-2-4-11(10)12(14)8-9/h1-4,7-8H,5,14H2. The minimum absolute atomic E-state index is 0.412. The number of rotatable bonds is 1. The van der Waals surface area contributed by atoms with Gasteiger partial charge < -0.3 is 5.73 Å². The monoisotopic (exact) mass is 182 g/mol. The van der Waals surface area contributed by atoms with Crippen LogP contribution in [0.1, 0.15) is 5.56 Å². The summed E-state index contributed by atoms with van der Waals surface area (Å²) in [6, 6.07) is 13.9. The van der Waals surface area contributed by atoms with Crippen LogP contribution in [-0.4, -0.2) is 0 Å². The van der Waals surface area contributed by atoms with Gasteiger partial charge in [0.1, 0.15) is 0 Å². The predicted molar refractivity (Wildman–Crippen MR) is 57.7 cm³/mol. The highest BCUT2D eigenvalue weighted by atomic mass is 14.5. The first-order valence-electron chi connectivity index (χ1n) is 4.45. The molecule has 14 heavy (non-hydrogen) atoms. The molecule has 0 amide bonds. The smallest absolute Gasteiger partial charge is 0.0669 e. The maximum Gasteiger partial charge on any atom is 0.0669 e. The summed E-state index contributed by atoms with van der Waals surface area (Å²) in [5, 5.41) is 10.7. The van der Waals surface area contributed by atoms with Crippen molar-refractivity contribution in [1.29, 1.82) is 5.26 Å². The molecule has 0 radical (unpaired) electrons. The summed E-state index contributed by atoms with van der Waals surface area (Å²) in [6.45, 7) is 0. The van der Waals surface area contributed by atoms with Crippen molar-refractivity contribution >= 4 is 16.5 Å². The van der Waals surface area contributed by atoms with Crippen molar-refractivity contribution in [1.82, 2.24) is 0 Å². The molecule has 0 saturated carbocycles. The van der Waals surface area contributed by atoms with Crippen LogP contribution in [-0.2, 0) is 6.42 Å². The molecule has 0 fully saturated rings. The van der Waals surface area contributed by atoms with Gasteiger partial charge in [0.15, 0.2) is 0 Å². The second kappa shape index (κ2) is 3.39. The van der Waals surface area contributed by atoms with Gasteiger partial charge in [0, 0.05) is 11.1 Å². The molecule has 2 heteroatoms. The third-order valence-electron chi connectivity index (χ3n) is 2.24. The van der Waals surface area contributed by atoms with Gasteiger partial charge in [0.25, 0.3) is 0 Å². The maximum atomic E-state index is 8.59. The van der Waals surface area contributed by atoms with Crippen LogP contribution in [0.25, 0.3) is 10.8 Å². The summed E-state index contributed by atoms with van der Waals surface area (Å²) in [5.41, 5.74) is 7.60. The van der Waals surface area contributed by atoms with Gasteiger partial charge in [-0.1, -0.05) is 24.3 Å². The lowest BCUT2D eigenvalue weighted by Gasteiger charge is -2.03. The van der Waals surface area contributed by atoms with Gasteiger partial charge in [-0.2, -0.15) is 5.26 Å². The van der Waals surface area contributed by atoms with E-state index in [1.54, 1.807) is 0 Å². The van der Waals surface area contributed by atoms with Gasteiger partial charge in [-0.05, 0) is 23.1 Å². The topological polar surface area (TPSA) is 49.8 Å². The van der Waals surface area contributed by atoms with Crippen molar-refractivity contribution in [3.05, 3.63) is 42.0 Å². The molecule has 2 aromatic carbocycles. The number of anilines is 1. The quantitative estimate of drug-likeness (QED) is 0.689. The first-order valence-corrected chi connectivity index (χ1v) is 4.45. The molecule has 2 rings (SSSR count). The number of benzene rings is 2. The Labute approximate surface area is 82.6 Å². The van der Waals surface area contributed by atoms with Crippen LogP contribution in [0.4, 0.5) is 5.69 Å². The summed E-state index contributed by atoms with van der Waals surface area (Å²) in [6.07, 6.45) is 0.412. The normalized spacial score (nSPS) is 9.93. The van der Waals surface area contributed by atoms with Crippen molar-refractivity contribution < 1.29 is 0 Å². The third kappa shape index (κ3) is 1.40. The fraction of sp³-hybridized carbons (Fsp3) is 0.0833. The molecule has 0 spiro atoms. The molecule has 0 heterocycles. The van der Waals surface area contributed by atoms with Gasteiger partial charge in [0.2, 0.25) is 0 Å². The van der Waals surface area contributed by atoms with Gasteiger partial charge in [0.05, 0.1) is 12.5 Å². The Morgan fingerprint density at radius 3 is 2.79 bits per heavy atom. The van der Waals surface area contributed by atoms with E-state index in [-0.39, 0.29) is 0 Å². The molecule has 2 nitrogen and oxygen atoms in total. The third-order valence-corrected chi connectivity index (χ3v) is 2.24.